The Balaban J connectivity index is 1.44. The maximum Gasteiger partial charge on any atom is 0.137 e. The van der Waals surface area contributed by atoms with Crippen LogP contribution in [0.25, 0.3) is 21.0 Å². The molecule has 2 aliphatic rings. The van der Waals surface area contributed by atoms with E-state index in [1.54, 1.807) is 11.3 Å². The number of aliphatic hydroxyl groups excluding tert-OH is 1. The Hall–Kier alpha value is -2.72. The molecule has 0 radical (unpaired) electrons. The van der Waals surface area contributed by atoms with Crippen LogP contribution in [0, 0.1) is 11.3 Å². The summed E-state index contributed by atoms with van der Waals surface area (Å²) in [5.74, 6) is 0.613. The average molecular weight is 446 g/mol. The third-order valence-electron chi connectivity index (χ3n) is 6.36. The first-order valence-corrected chi connectivity index (χ1v) is 12.1. The number of hydrogen-bond donors (Lipinski definition) is 1. The normalized spacial score (nSPS) is 20.5. The Labute approximate surface area is 192 Å². The van der Waals surface area contributed by atoms with Gasteiger partial charge in [-0.1, -0.05) is 18.2 Å². The van der Waals surface area contributed by atoms with Crippen LogP contribution in [0.15, 0.2) is 42.6 Å². The van der Waals surface area contributed by atoms with E-state index in [-0.39, 0.29) is 12.2 Å². The molecule has 0 spiro atoms. The molecule has 6 heteroatoms. The highest BCUT2D eigenvalue weighted by molar-refractivity contribution is 7.18. The second-order valence-corrected chi connectivity index (χ2v) is 9.91. The van der Waals surface area contributed by atoms with E-state index in [4.69, 9.17) is 4.74 Å². The summed E-state index contributed by atoms with van der Waals surface area (Å²) < 4.78 is 5.75. The molecule has 1 aliphatic heterocycles. The first-order chi connectivity index (χ1) is 15.5. The SMILES string of the molecule is CC(C)Oc1ccc(-c2ncc(-c3cccc4c3CCC4N3CC[C@@H](O)C3)s2)cc1C#N. The molecule has 5 nitrogen and oxygen atoms in total. The summed E-state index contributed by atoms with van der Waals surface area (Å²) in [6.45, 7) is 5.66. The van der Waals surface area contributed by atoms with Crippen molar-refractivity contribution in [1.82, 2.24) is 9.88 Å². The lowest BCUT2D eigenvalue weighted by Crippen LogP contribution is -2.26. The van der Waals surface area contributed by atoms with E-state index in [0.717, 1.165) is 47.8 Å². The quantitative estimate of drug-likeness (QED) is 0.585. The van der Waals surface area contributed by atoms with E-state index < -0.39 is 0 Å². The van der Waals surface area contributed by atoms with Crippen molar-refractivity contribution in [2.45, 2.75) is 51.4 Å². The molecule has 2 aromatic carbocycles. The predicted octanol–water partition coefficient (Wildman–Crippen LogP) is 5.19. The summed E-state index contributed by atoms with van der Waals surface area (Å²) in [5, 5.41) is 20.4. The van der Waals surface area contributed by atoms with Crippen LogP contribution >= 0.6 is 11.3 Å². The van der Waals surface area contributed by atoms with Gasteiger partial charge in [-0.15, -0.1) is 11.3 Å². The number of nitrogens with zero attached hydrogens (tertiary/aromatic N) is 3. The Morgan fingerprint density at radius 3 is 2.88 bits per heavy atom. The molecular formula is C26H27N3O2S. The van der Waals surface area contributed by atoms with E-state index in [0.29, 0.717) is 17.4 Å². The Morgan fingerprint density at radius 1 is 1.25 bits per heavy atom. The monoisotopic (exact) mass is 445 g/mol. The summed E-state index contributed by atoms with van der Waals surface area (Å²) >= 11 is 1.66. The van der Waals surface area contributed by atoms with Crippen LogP contribution in [0.5, 0.6) is 5.75 Å². The van der Waals surface area contributed by atoms with Crippen LogP contribution < -0.4 is 4.74 Å². The number of ether oxygens (including phenoxy) is 1. The maximum absolute atomic E-state index is 9.97. The molecule has 0 amide bonds. The van der Waals surface area contributed by atoms with E-state index in [1.165, 1.54) is 16.7 Å². The highest BCUT2D eigenvalue weighted by Crippen LogP contribution is 2.43. The minimum absolute atomic E-state index is 0.0206. The zero-order valence-corrected chi connectivity index (χ0v) is 19.2. The number of fused-ring (bicyclic) bond motifs is 1. The standard InChI is InChI=1S/C26H27N3O2S/c1-16(2)31-24-9-6-17(12-18(24)13-27)26-28-14-25(32-26)22-5-3-4-21-20(22)7-8-23(21)29-11-10-19(30)15-29/h3-6,9,12,14,16,19,23,30H,7-8,10-11,15H2,1-2H3/t19-,23?/m1/s1. The number of nitriles is 1. The van der Waals surface area contributed by atoms with Crippen LogP contribution in [0.1, 0.15) is 49.4 Å². The third-order valence-corrected chi connectivity index (χ3v) is 7.44. The van der Waals surface area contributed by atoms with Gasteiger partial charge in [-0.05, 0) is 68.0 Å². The van der Waals surface area contributed by atoms with Crippen molar-refractivity contribution in [2.24, 2.45) is 0 Å². The Bertz CT molecular complexity index is 1180. The summed E-state index contributed by atoms with van der Waals surface area (Å²) in [6.07, 6.45) is 4.81. The minimum Gasteiger partial charge on any atom is -0.490 e. The number of aromatic nitrogens is 1. The second kappa shape index (κ2) is 8.67. The van der Waals surface area contributed by atoms with Crippen molar-refractivity contribution in [3.05, 3.63) is 59.3 Å². The van der Waals surface area contributed by atoms with Crippen LogP contribution in [0.4, 0.5) is 0 Å². The summed E-state index contributed by atoms with van der Waals surface area (Å²) in [7, 11) is 0. The van der Waals surface area contributed by atoms with Gasteiger partial charge in [0, 0.05) is 30.9 Å². The molecule has 1 unspecified atom stereocenters. The number of likely N-dealkylation sites (tertiary alicyclic amines) is 1. The van der Waals surface area contributed by atoms with Gasteiger partial charge in [0.2, 0.25) is 0 Å². The van der Waals surface area contributed by atoms with Crippen LogP contribution in [0.2, 0.25) is 0 Å². The molecule has 0 bridgehead atoms. The molecular weight excluding hydrogens is 418 g/mol. The molecule has 1 N–H and O–H groups in total. The molecule has 1 aromatic heterocycles. The van der Waals surface area contributed by atoms with Crippen LogP contribution in [-0.4, -0.2) is 40.3 Å². The summed E-state index contributed by atoms with van der Waals surface area (Å²) in [4.78, 5) is 8.27. The molecule has 32 heavy (non-hydrogen) atoms. The fraction of sp³-hybridized carbons (Fsp3) is 0.385. The second-order valence-electron chi connectivity index (χ2n) is 8.88. The predicted molar refractivity (Wildman–Crippen MR) is 127 cm³/mol. The minimum atomic E-state index is -0.193. The third kappa shape index (κ3) is 3.93. The van der Waals surface area contributed by atoms with Gasteiger partial charge in [-0.3, -0.25) is 4.90 Å². The van der Waals surface area contributed by atoms with Gasteiger partial charge in [-0.25, -0.2) is 4.98 Å². The largest absolute Gasteiger partial charge is 0.490 e. The van der Waals surface area contributed by atoms with Crippen molar-refractivity contribution in [2.75, 3.05) is 13.1 Å². The van der Waals surface area contributed by atoms with E-state index >= 15 is 0 Å². The smallest absolute Gasteiger partial charge is 0.137 e. The van der Waals surface area contributed by atoms with E-state index in [1.807, 2.05) is 38.2 Å². The lowest BCUT2D eigenvalue weighted by molar-refractivity contribution is 0.159. The molecule has 164 valence electrons. The number of β-amino-alcohol motifs (C(OH)–C–C–N with tert-alkyl or cyclic N) is 1. The average Bonchev–Trinajstić information content (AvgIpc) is 3.52. The fourth-order valence-corrected chi connectivity index (χ4v) is 5.90. The van der Waals surface area contributed by atoms with Gasteiger partial charge in [-0.2, -0.15) is 5.26 Å². The molecule has 2 atom stereocenters. The maximum atomic E-state index is 9.97. The van der Waals surface area contributed by atoms with Gasteiger partial charge < -0.3 is 9.84 Å². The van der Waals surface area contributed by atoms with Crippen LogP contribution in [0.3, 0.4) is 0 Å². The molecule has 2 heterocycles. The zero-order chi connectivity index (χ0) is 22.2. The molecule has 1 saturated heterocycles. The Morgan fingerprint density at radius 2 is 2.12 bits per heavy atom. The van der Waals surface area contributed by atoms with Gasteiger partial charge >= 0.3 is 0 Å². The van der Waals surface area contributed by atoms with Crippen molar-refractivity contribution < 1.29 is 9.84 Å². The zero-order valence-electron chi connectivity index (χ0n) is 18.4. The molecule has 3 aromatic rings. The van der Waals surface area contributed by atoms with Crippen molar-refractivity contribution in [3.8, 4) is 32.8 Å². The number of rotatable bonds is 5. The van der Waals surface area contributed by atoms with Crippen molar-refractivity contribution >= 4 is 11.3 Å². The lowest BCUT2D eigenvalue weighted by atomic mass is 10.0. The van der Waals surface area contributed by atoms with Crippen molar-refractivity contribution in [3.63, 3.8) is 0 Å². The number of hydrogen-bond acceptors (Lipinski definition) is 6. The highest BCUT2D eigenvalue weighted by Gasteiger charge is 2.33. The van der Waals surface area contributed by atoms with Crippen LogP contribution in [-0.2, 0) is 6.42 Å². The number of benzene rings is 2. The Kier molecular flexibility index (Phi) is 5.73. The summed E-state index contributed by atoms with van der Waals surface area (Å²) in [6, 6.07) is 14.9. The van der Waals surface area contributed by atoms with E-state index in [2.05, 4.69) is 34.2 Å². The molecule has 1 aliphatic carbocycles. The van der Waals surface area contributed by atoms with Gasteiger partial charge in [0.1, 0.15) is 16.8 Å². The lowest BCUT2D eigenvalue weighted by Gasteiger charge is -2.24. The first kappa shape index (κ1) is 21.1. The fourth-order valence-electron chi connectivity index (χ4n) is 4.93. The van der Waals surface area contributed by atoms with E-state index in [9.17, 15) is 10.4 Å². The van der Waals surface area contributed by atoms with Gasteiger partial charge in [0.05, 0.1) is 22.6 Å². The first-order valence-electron chi connectivity index (χ1n) is 11.2. The van der Waals surface area contributed by atoms with Crippen molar-refractivity contribution in [1.29, 1.82) is 5.26 Å². The molecule has 1 fully saturated rings. The molecule has 5 rings (SSSR count). The molecule has 0 saturated carbocycles. The topological polar surface area (TPSA) is 69.4 Å². The van der Waals surface area contributed by atoms with Gasteiger partial charge in [0.25, 0.3) is 0 Å². The number of aliphatic hydroxyl groups is 1. The summed E-state index contributed by atoms with van der Waals surface area (Å²) in [5.41, 5.74) is 5.53. The highest BCUT2D eigenvalue weighted by atomic mass is 32.1. The number of thiazole rings is 1. The van der Waals surface area contributed by atoms with Gasteiger partial charge in [0.15, 0.2) is 0 Å².